The Morgan fingerprint density at radius 2 is 1.79 bits per heavy atom. The van der Waals surface area contributed by atoms with E-state index >= 15 is 0 Å². The standard InChI is InChI=1S/C13H13F2NO3/c14-13(15,9-4-2-1-3-5-9)12(19)16-10-6-8(7-10)11(17)18/h1-5,8,10H,6-7H2,(H,16,19)(H,17,18). The Bertz CT molecular complexity index is 484. The Morgan fingerprint density at radius 1 is 1.21 bits per heavy atom. The van der Waals surface area contributed by atoms with Crippen molar-refractivity contribution in [1.82, 2.24) is 5.32 Å². The first-order valence-electron chi connectivity index (χ1n) is 5.88. The molecule has 0 radical (unpaired) electrons. The van der Waals surface area contributed by atoms with Crippen molar-refractivity contribution in [2.75, 3.05) is 0 Å². The van der Waals surface area contributed by atoms with E-state index in [1.165, 1.54) is 24.3 Å². The highest BCUT2D eigenvalue weighted by Gasteiger charge is 2.44. The number of amides is 1. The second-order valence-corrected chi connectivity index (χ2v) is 4.62. The van der Waals surface area contributed by atoms with Crippen LogP contribution in [0.1, 0.15) is 18.4 Å². The summed E-state index contributed by atoms with van der Waals surface area (Å²) in [7, 11) is 0. The number of benzene rings is 1. The molecule has 0 atom stereocenters. The normalized spacial score (nSPS) is 22.4. The molecular weight excluding hydrogens is 256 g/mol. The first-order valence-corrected chi connectivity index (χ1v) is 5.88. The third kappa shape index (κ3) is 2.72. The van der Waals surface area contributed by atoms with E-state index in [2.05, 4.69) is 5.32 Å². The third-order valence-electron chi connectivity index (χ3n) is 3.24. The minimum absolute atomic E-state index is 0.200. The molecule has 0 unspecified atom stereocenters. The fourth-order valence-electron chi connectivity index (χ4n) is 1.99. The minimum atomic E-state index is -3.60. The van der Waals surface area contributed by atoms with Crippen molar-refractivity contribution >= 4 is 11.9 Å². The van der Waals surface area contributed by atoms with Crippen molar-refractivity contribution < 1.29 is 23.5 Å². The summed E-state index contributed by atoms with van der Waals surface area (Å²) < 4.78 is 27.6. The molecule has 0 bridgehead atoms. The van der Waals surface area contributed by atoms with E-state index in [1.54, 1.807) is 6.07 Å². The lowest BCUT2D eigenvalue weighted by Crippen LogP contribution is -2.50. The van der Waals surface area contributed by atoms with Gasteiger partial charge in [-0.2, -0.15) is 8.78 Å². The maximum atomic E-state index is 13.8. The zero-order chi connectivity index (χ0) is 14.0. The summed E-state index contributed by atoms with van der Waals surface area (Å²) in [6.45, 7) is 0. The summed E-state index contributed by atoms with van der Waals surface area (Å²) in [5.41, 5.74) is -0.374. The highest BCUT2D eigenvalue weighted by atomic mass is 19.3. The smallest absolute Gasteiger partial charge is 0.349 e. The molecule has 102 valence electrons. The fraction of sp³-hybridized carbons (Fsp3) is 0.385. The van der Waals surface area contributed by atoms with E-state index in [-0.39, 0.29) is 18.4 Å². The van der Waals surface area contributed by atoms with Crippen molar-refractivity contribution in [2.45, 2.75) is 24.8 Å². The fourth-order valence-corrected chi connectivity index (χ4v) is 1.99. The van der Waals surface area contributed by atoms with E-state index in [0.717, 1.165) is 0 Å². The van der Waals surface area contributed by atoms with Crippen LogP contribution >= 0.6 is 0 Å². The maximum Gasteiger partial charge on any atom is 0.349 e. The van der Waals surface area contributed by atoms with Gasteiger partial charge in [-0.05, 0) is 12.8 Å². The molecule has 1 aliphatic carbocycles. The van der Waals surface area contributed by atoms with E-state index in [0.29, 0.717) is 0 Å². The van der Waals surface area contributed by atoms with Crippen molar-refractivity contribution in [3.05, 3.63) is 35.9 Å². The molecule has 2 N–H and O–H groups in total. The number of aliphatic carboxylic acids is 1. The molecule has 0 heterocycles. The topological polar surface area (TPSA) is 66.4 Å². The summed E-state index contributed by atoms with van der Waals surface area (Å²) in [4.78, 5) is 22.1. The molecule has 1 fully saturated rings. The van der Waals surface area contributed by atoms with E-state index in [1.807, 2.05) is 0 Å². The molecule has 0 aliphatic heterocycles. The van der Waals surface area contributed by atoms with Gasteiger partial charge in [0.25, 0.3) is 5.91 Å². The van der Waals surface area contributed by atoms with Crippen LogP contribution in [0.2, 0.25) is 0 Å². The van der Waals surface area contributed by atoms with E-state index in [9.17, 15) is 18.4 Å². The predicted octanol–water partition coefficient (Wildman–Crippen LogP) is 1.76. The Kier molecular flexibility index (Phi) is 3.50. The summed E-state index contributed by atoms with van der Waals surface area (Å²) in [6, 6.07) is 6.32. The van der Waals surface area contributed by atoms with Crippen LogP contribution in [-0.2, 0) is 15.5 Å². The molecule has 0 spiro atoms. The number of rotatable bonds is 4. The van der Waals surface area contributed by atoms with Gasteiger partial charge in [0.05, 0.1) is 5.92 Å². The zero-order valence-electron chi connectivity index (χ0n) is 9.98. The average molecular weight is 269 g/mol. The largest absolute Gasteiger partial charge is 0.481 e. The summed E-state index contributed by atoms with van der Waals surface area (Å²) in [5, 5.41) is 10.8. The molecule has 1 amide bonds. The molecule has 1 aromatic carbocycles. The number of carboxylic acids is 1. The number of nitrogens with one attached hydrogen (secondary N) is 1. The van der Waals surface area contributed by atoms with Crippen LogP contribution in [-0.4, -0.2) is 23.0 Å². The highest BCUT2D eigenvalue weighted by Crippen LogP contribution is 2.31. The van der Waals surface area contributed by atoms with Crippen LogP contribution in [0.5, 0.6) is 0 Å². The van der Waals surface area contributed by atoms with Gasteiger partial charge in [-0.25, -0.2) is 0 Å². The maximum absolute atomic E-state index is 13.8. The molecule has 4 nitrogen and oxygen atoms in total. The first-order chi connectivity index (χ1) is 8.91. The number of alkyl halides is 2. The monoisotopic (exact) mass is 269 g/mol. The molecule has 1 aromatic rings. The number of carboxylic acid groups (broad SMARTS) is 1. The van der Waals surface area contributed by atoms with Crippen LogP contribution in [0, 0.1) is 5.92 Å². The van der Waals surface area contributed by atoms with E-state index < -0.39 is 29.8 Å². The van der Waals surface area contributed by atoms with Crippen molar-refractivity contribution in [3.8, 4) is 0 Å². The zero-order valence-corrected chi connectivity index (χ0v) is 9.98. The van der Waals surface area contributed by atoms with Gasteiger partial charge < -0.3 is 10.4 Å². The molecule has 0 saturated heterocycles. The Labute approximate surface area is 108 Å². The Hall–Kier alpha value is -1.98. The number of hydrogen-bond acceptors (Lipinski definition) is 2. The average Bonchev–Trinajstić information content (AvgIpc) is 2.33. The minimum Gasteiger partial charge on any atom is -0.481 e. The van der Waals surface area contributed by atoms with Crippen LogP contribution in [0.4, 0.5) is 8.78 Å². The molecular formula is C13H13F2NO3. The molecule has 2 rings (SSSR count). The number of carbonyl (C=O) groups excluding carboxylic acids is 1. The molecule has 1 aliphatic rings. The number of halogens is 2. The first kappa shape index (κ1) is 13.5. The summed E-state index contributed by atoms with van der Waals surface area (Å²) in [6.07, 6.45) is 0.401. The molecule has 19 heavy (non-hydrogen) atoms. The van der Waals surface area contributed by atoms with Crippen molar-refractivity contribution in [3.63, 3.8) is 0 Å². The number of carbonyl (C=O) groups is 2. The molecule has 1 saturated carbocycles. The SMILES string of the molecule is O=C(O)C1CC(NC(=O)C(F)(F)c2ccccc2)C1. The second-order valence-electron chi connectivity index (χ2n) is 4.62. The van der Waals surface area contributed by atoms with Gasteiger partial charge in [-0.3, -0.25) is 9.59 Å². The van der Waals surface area contributed by atoms with Gasteiger partial charge in [0, 0.05) is 11.6 Å². The van der Waals surface area contributed by atoms with Gasteiger partial charge in [0.1, 0.15) is 0 Å². The van der Waals surface area contributed by atoms with Gasteiger partial charge >= 0.3 is 11.9 Å². The van der Waals surface area contributed by atoms with Crippen LogP contribution in [0.25, 0.3) is 0 Å². The molecule has 0 aromatic heterocycles. The lowest BCUT2D eigenvalue weighted by molar-refractivity contribution is -0.152. The summed E-state index contributed by atoms with van der Waals surface area (Å²) >= 11 is 0. The van der Waals surface area contributed by atoms with Gasteiger partial charge in [0.2, 0.25) is 0 Å². The number of hydrogen-bond donors (Lipinski definition) is 2. The highest BCUT2D eigenvalue weighted by molar-refractivity contribution is 5.85. The summed E-state index contributed by atoms with van der Waals surface area (Å²) in [5.74, 6) is -6.49. The van der Waals surface area contributed by atoms with Gasteiger partial charge in [0.15, 0.2) is 0 Å². The molecule has 6 heteroatoms. The Morgan fingerprint density at radius 3 is 2.32 bits per heavy atom. The lowest BCUT2D eigenvalue weighted by atomic mass is 9.80. The van der Waals surface area contributed by atoms with Crippen molar-refractivity contribution in [2.24, 2.45) is 5.92 Å². The van der Waals surface area contributed by atoms with E-state index in [4.69, 9.17) is 5.11 Å². The lowest BCUT2D eigenvalue weighted by Gasteiger charge is -2.33. The van der Waals surface area contributed by atoms with Crippen LogP contribution < -0.4 is 5.32 Å². The van der Waals surface area contributed by atoms with Crippen molar-refractivity contribution in [1.29, 1.82) is 0 Å². The van der Waals surface area contributed by atoms with Crippen LogP contribution in [0.15, 0.2) is 30.3 Å². The van der Waals surface area contributed by atoms with Crippen LogP contribution in [0.3, 0.4) is 0 Å². The van der Waals surface area contributed by atoms with Gasteiger partial charge in [-0.15, -0.1) is 0 Å². The second kappa shape index (κ2) is 4.95. The Balaban J connectivity index is 1.95. The quantitative estimate of drug-likeness (QED) is 0.875. The van der Waals surface area contributed by atoms with Gasteiger partial charge in [-0.1, -0.05) is 30.3 Å². The third-order valence-corrected chi connectivity index (χ3v) is 3.24. The predicted molar refractivity (Wildman–Crippen MR) is 62.6 cm³/mol.